The van der Waals surface area contributed by atoms with E-state index in [2.05, 4.69) is 22.7 Å². The van der Waals surface area contributed by atoms with Gasteiger partial charge in [0.25, 0.3) is 0 Å². The minimum Gasteiger partial charge on any atom is -0.386 e. The zero-order chi connectivity index (χ0) is 25.2. The van der Waals surface area contributed by atoms with E-state index in [-0.39, 0.29) is 32.2 Å². The van der Waals surface area contributed by atoms with Crippen LogP contribution in [0.2, 0.25) is 0 Å². The molecule has 0 aliphatic heterocycles. The number of ether oxygens (including phenoxy) is 2. The first-order valence-electron chi connectivity index (χ1n) is 10.2. The Morgan fingerprint density at radius 3 is 2.03 bits per heavy atom. The topological polar surface area (TPSA) is 137 Å². The third-order valence-corrected chi connectivity index (χ3v) is 8.08. The van der Waals surface area contributed by atoms with Crippen molar-refractivity contribution in [2.75, 3.05) is 33.0 Å². The van der Waals surface area contributed by atoms with Crippen molar-refractivity contribution in [1.82, 2.24) is 9.44 Å². The standard InChI is InChI=1S/C20H38N2O8S2/c1-16(2)18(23)10-9-11-21-17(3)20(7,8)29-14-12-28-13-15-30-32(26,27)22-31(24,25)19(4,5)6/h21-22H,1,3,9-15H2,2,4-8H3. The lowest BCUT2D eigenvalue weighted by atomic mass is 10.1. The number of hydrogen-bond acceptors (Lipinski definition) is 9. The predicted molar refractivity (Wildman–Crippen MR) is 124 cm³/mol. The molecule has 0 bridgehead atoms. The zero-order valence-corrected chi connectivity index (χ0v) is 21.6. The van der Waals surface area contributed by atoms with Crippen molar-refractivity contribution in [1.29, 1.82) is 0 Å². The van der Waals surface area contributed by atoms with Crippen LogP contribution in [-0.4, -0.2) is 65.9 Å². The molecule has 0 spiro atoms. The van der Waals surface area contributed by atoms with Gasteiger partial charge in [0, 0.05) is 18.7 Å². The number of sulfonamides is 1. The van der Waals surface area contributed by atoms with Crippen LogP contribution in [0.5, 0.6) is 0 Å². The molecule has 188 valence electrons. The molecule has 0 aromatic carbocycles. The minimum atomic E-state index is -4.47. The Bertz CT molecular complexity index is 857. The van der Waals surface area contributed by atoms with Crippen molar-refractivity contribution in [2.24, 2.45) is 0 Å². The van der Waals surface area contributed by atoms with Crippen LogP contribution in [0.25, 0.3) is 0 Å². The first-order valence-corrected chi connectivity index (χ1v) is 13.1. The second-order valence-electron chi connectivity index (χ2n) is 8.66. The summed E-state index contributed by atoms with van der Waals surface area (Å²) in [5, 5.41) is 3.14. The van der Waals surface area contributed by atoms with E-state index < -0.39 is 30.7 Å². The van der Waals surface area contributed by atoms with E-state index in [1.807, 2.05) is 13.8 Å². The van der Waals surface area contributed by atoms with Gasteiger partial charge in [0.15, 0.2) is 5.78 Å². The molecule has 0 fully saturated rings. The molecule has 0 rings (SSSR count). The van der Waals surface area contributed by atoms with Crippen LogP contribution in [-0.2, 0) is 38.8 Å². The molecule has 12 heteroatoms. The number of allylic oxidation sites excluding steroid dienone is 1. The van der Waals surface area contributed by atoms with E-state index in [1.54, 1.807) is 11.1 Å². The van der Waals surface area contributed by atoms with Crippen molar-refractivity contribution >= 4 is 26.1 Å². The van der Waals surface area contributed by atoms with Gasteiger partial charge >= 0.3 is 10.3 Å². The summed E-state index contributed by atoms with van der Waals surface area (Å²) in [5.74, 6) is 0.0356. The average molecular weight is 499 g/mol. The molecule has 0 atom stereocenters. The summed E-state index contributed by atoms with van der Waals surface area (Å²) >= 11 is 0. The highest BCUT2D eigenvalue weighted by Crippen LogP contribution is 2.17. The second kappa shape index (κ2) is 12.8. The van der Waals surface area contributed by atoms with Crippen molar-refractivity contribution in [2.45, 2.75) is 64.7 Å². The Morgan fingerprint density at radius 1 is 0.938 bits per heavy atom. The van der Waals surface area contributed by atoms with Gasteiger partial charge in [-0.05, 0) is 53.5 Å². The van der Waals surface area contributed by atoms with Crippen LogP contribution in [0.3, 0.4) is 0 Å². The fraction of sp³-hybridized carbons (Fsp3) is 0.750. The number of carbonyl (C=O) groups is 1. The molecule has 0 aliphatic rings. The van der Waals surface area contributed by atoms with Gasteiger partial charge in [-0.25, -0.2) is 8.42 Å². The third kappa shape index (κ3) is 12.1. The Kier molecular flexibility index (Phi) is 12.3. The highest BCUT2D eigenvalue weighted by atomic mass is 32.3. The maximum absolute atomic E-state index is 11.9. The molecule has 32 heavy (non-hydrogen) atoms. The monoisotopic (exact) mass is 498 g/mol. The van der Waals surface area contributed by atoms with Gasteiger partial charge < -0.3 is 14.8 Å². The van der Waals surface area contributed by atoms with Crippen molar-refractivity contribution < 1.29 is 35.3 Å². The molecule has 0 saturated carbocycles. The molecule has 0 unspecified atom stereocenters. The lowest BCUT2D eigenvalue weighted by Gasteiger charge is -2.28. The first-order chi connectivity index (χ1) is 14.4. The van der Waals surface area contributed by atoms with E-state index in [0.717, 1.165) is 0 Å². The summed E-state index contributed by atoms with van der Waals surface area (Å²) in [7, 11) is -8.57. The normalized spacial score (nSPS) is 13.1. The molecular formula is C20H38N2O8S2. The molecule has 0 heterocycles. The average Bonchev–Trinajstić information content (AvgIpc) is 2.61. The number of rotatable bonds is 17. The van der Waals surface area contributed by atoms with E-state index in [9.17, 15) is 21.6 Å². The van der Waals surface area contributed by atoms with Crippen LogP contribution >= 0.6 is 0 Å². The molecular weight excluding hydrogens is 460 g/mol. The van der Waals surface area contributed by atoms with Crippen molar-refractivity contribution in [3.05, 3.63) is 24.4 Å². The van der Waals surface area contributed by atoms with Gasteiger partial charge in [-0.1, -0.05) is 17.3 Å². The van der Waals surface area contributed by atoms with Crippen LogP contribution in [0.4, 0.5) is 0 Å². The minimum absolute atomic E-state index is 0.0356. The molecule has 0 amide bonds. The smallest absolute Gasteiger partial charge is 0.349 e. The highest BCUT2D eigenvalue weighted by Gasteiger charge is 2.33. The van der Waals surface area contributed by atoms with Gasteiger partial charge in [-0.15, -0.1) is 0 Å². The summed E-state index contributed by atoms with van der Waals surface area (Å²) in [6.07, 6.45) is 1.07. The Balaban J connectivity index is 4.13. The van der Waals surface area contributed by atoms with Gasteiger partial charge in [0.1, 0.15) is 5.60 Å². The lowest BCUT2D eigenvalue weighted by Crippen LogP contribution is -2.43. The summed E-state index contributed by atoms with van der Waals surface area (Å²) in [5.41, 5.74) is 0.509. The summed E-state index contributed by atoms with van der Waals surface area (Å²) in [6, 6.07) is 0. The van der Waals surface area contributed by atoms with Gasteiger partial charge in [-0.3, -0.25) is 8.98 Å². The van der Waals surface area contributed by atoms with E-state index >= 15 is 0 Å². The van der Waals surface area contributed by atoms with Crippen molar-refractivity contribution in [3.63, 3.8) is 0 Å². The fourth-order valence-corrected chi connectivity index (χ4v) is 4.50. The summed E-state index contributed by atoms with van der Waals surface area (Å²) < 4.78 is 63.1. The van der Waals surface area contributed by atoms with Crippen LogP contribution < -0.4 is 9.44 Å². The lowest BCUT2D eigenvalue weighted by molar-refractivity contribution is -0.115. The molecule has 0 aromatic heterocycles. The van der Waals surface area contributed by atoms with Gasteiger partial charge in [0.05, 0.1) is 31.2 Å². The Hall–Kier alpha value is -1.31. The van der Waals surface area contributed by atoms with Crippen LogP contribution in [0.15, 0.2) is 24.4 Å². The van der Waals surface area contributed by atoms with E-state index in [4.69, 9.17) is 9.47 Å². The number of nitrogens with one attached hydrogen (secondary N) is 2. The second-order valence-corrected chi connectivity index (χ2v) is 12.7. The van der Waals surface area contributed by atoms with Crippen LogP contribution in [0.1, 0.15) is 54.4 Å². The van der Waals surface area contributed by atoms with E-state index in [0.29, 0.717) is 30.7 Å². The maximum Gasteiger partial charge on any atom is 0.349 e. The van der Waals surface area contributed by atoms with E-state index in [1.165, 1.54) is 20.8 Å². The highest BCUT2D eigenvalue weighted by molar-refractivity contribution is 8.03. The zero-order valence-electron chi connectivity index (χ0n) is 19.9. The molecule has 0 aromatic rings. The molecule has 0 aliphatic carbocycles. The number of carbonyl (C=O) groups excluding carboxylic acids is 1. The van der Waals surface area contributed by atoms with Crippen molar-refractivity contribution in [3.8, 4) is 0 Å². The molecule has 0 saturated heterocycles. The molecule has 0 radical (unpaired) electrons. The van der Waals surface area contributed by atoms with Gasteiger partial charge in [0.2, 0.25) is 10.0 Å². The maximum atomic E-state index is 11.9. The largest absolute Gasteiger partial charge is 0.386 e. The third-order valence-electron chi connectivity index (χ3n) is 4.30. The predicted octanol–water partition coefficient (Wildman–Crippen LogP) is 1.81. The molecule has 10 nitrogen and oxygen atoms in total. The van der Waals surface area contributed by atoms with Crippen LogP contribution in [0, 0.1) is 0 Å². The quantitative estimate of drug-likeness (QED) is 0.227. The molecule has 2 N–H and O–H groups in total. The summed E-state index contributed by atoms with van der Waals surface area (Å²) in [4.78, 5) is 11.5. The number of ketones is 1. The Morgan fingerprint density at radius 2 is 1.50 bits per heavy atom. The van der Waals surface area contributed by atoms with Gasteiger partial charge in [-0.2, -0.15) is 8.42 Å². The number of hydrogen-bond donors (Lipinski definition) is 2. The SMILES string of the molecule is C=C(C)C(=O)CCCNC(=C)C(C)(C)OCCOCCOS(=O)(=O)NS(=O)(=O)C(C)(C)C. The fourth-order valence-electron chi connectivity index (χ4n) is 1.95. The Labute approximate surface area is 193 Å². The number of Topliss-reactive ketones (excluding diaryl/α,β-unsaturated/α-hetero) is 1. The first kappa shape index (κ1) is 30.7. The summed E-state index contributed by atoms with van der Waals surface area (Å²) in [6.45, 7) is 17.6.